The van der Waals surface area contributed by atoms with E-state index in [1.807, 2.05) is 0 Å². The third kappa shape index (κ3) is 3.51. The van der Waals surface area contributed by atoms with Crippen molar-refractivity contribution in [2.24, 2.45) is 5.92 Å². The highest BCUT2D eigenvalue weighted by Crippen LogP contribution is 2.19. The Labute approximate surface area is 89.1 Å². The first-order valence-electron chi connectivity index (χ1n) is 5.08. The highest BCUT2D eigenvalue weighted by molar-refractivity contribution is 5.85. The van der Waals surface area contributed by atoms with Gasteiger partial charge < -0.3 is 14.8 Å². The SMILES string of the molecule is COC(=O)N[C@H](C(C)=O)C1CCOCC1. The van der Waals surface area contributed by atoms with E-state index in [-0.39, 0.29) is 11.7 Å². The Balaban J connectivity index is 2.55. The number of alkyl carbamates (subject to hydrolysis) is 1. The van der Waals surface area contributed by atoms with Crippen LogP contribution in [0.2, 0.25) is 0 Å². The summed E-state index contributed by atoms with van der Waals surface area (Å²) in [6.45, 7) is 2.78. The molecule has 1 heterocycles. The van der Waals surface area contributed by atoms with Gasteiger partial charge in [-0.25, -0.2) is 4.79 Å². The number of hydrogen-bond donors (Lipinski definition) is 1. The summed E-state index contributed by atoms with van der Waals surface area (Å²) in [7, 11) is 1.29. The van der Waals surface area contributed by atoms with Crippen molar-refractivity contribution in [3.8, 4) is 0 Å². The molecule has 5 nitrogen and oxygen atoms in total. The van der Waals surface area contributed by atoms with Crippen molar-refractivity contribution in [2.75, 3.05) is 20.3 Å². The van der Waals surface area contributed by atoms with Crippen molar-refractivity contribution >= 4 is 11.9 Å². The summed E-state index contributed by atoms with van der Waals surface area (Å²) in [5.41, 5.74) is 0. The lowest BCUT2D eigenvalue weighted by atomic mass is 9.89. The van der Waals surface area contributed by atoms with Crippen molar-refractivity contribution in [3.05, 3.63) is 0 Å². The minimum Gasteiger partial charge on any atom is -0.453 e. The van der Waals surface area contributed by atoms with E-state index < -0.39 is 12.1 Å². The van der Waals surface area contributed by atoms with Crippen LogP contribution in [0.1, 0.15) is 19.8 Å². The second-order valence-electron chi connectivity index (χ2n) is 3.67. The van der Waals surface area contributed by atoms with Crippen molar-refractivity contribution < 1.29 is 19.1 Å². The second kappa shape index (κ2) is 5.70. The van der Waals surface area contributed by atoms with Gasteiger partial charge in [-0.15, -0.1) is 0 Å². The molecule has 0 aromatic carbocycles. The van der Waals surface area contributed by atoms with Gasteiger partial charge in [-0.05, 0) is 25.7 Å². The number of methoxy groups -OCH3 is 1. The maximum Gasteiger partial charge on any atom is 0.407 e. The molecule has 0 aromatic rings. The third-order valence-electron chi connectivity index (χ3n) is 2.63. The summed E-state index contributed by atoms with van der Waals surface area (Å²) in [5, 5.41) is 2.57. The second-order valence-corrected chi connectivity index (χ2v) is 3.67. The summed E-state index contributed by atoms with van der Waals surface area (Å²) in [5.74, 6) is 0.127. The minimum absolute atomic E-state index is 0.0349. The summed E-state index contributed by atoms with van der Waals surface area (Å²) in [4.78, 5) is 22.4. The Bertz CT molecular complexity index is 236. The summed E-state index contributed by atoms with van der Waals surface area (Å²) in [6.07, 6.45) is 1.05. The number of carbonyl (C=O) groups excluding carboxylic acids is 2. The van der Waals surface area contributed by atoms with Crippen LogP contribution >= 0.6 is 0 Å². The minimum atomic E-state index is -0.554. The van der Waals surface area contributed by atoms with Crippen molar-refractivity contribution in [3.63, 3.8) is 0 Å². The number of ether oxygens (including phenoxy) is 2. The van der Waals surface area contributed by atoms with E-state index in [1.54, 1.807) is 0 Å². The predicted molar refractivity (Wildman–Crippen MR) is 53.6 cm³/mol. The molecule has 1 aliphatic heterocycles. The molecule has 1 aliphatic rings. The number of amides is 1. The largest absolute Gasteiger partial charge is 0.453 e. The molecule has 0 saturated carbocycles. The highest BCUT2D eigenvalue weighted by Gasteiger charge is 2.28. The van der Waals surface area contributed by atoms with Crippen LogP contribution < -0.4 is 5.32 Å². The van der Waals surface area contributed by atoms with Crippen LogP contribution in [0.15, 0.2) is 0 Å². The van der Waals surface area contributed by atoms with E-state index in [0.717, 1.165) is 12.8 Å². The van der Waals surface area contributed by atoms with Gasteiger partial charge in [0.2, 0.25) is 0 Å². The first-order chi connectivity index (χ1) is 7.15. The van der Waals surface area contributed by atoms with Gasteiger partial charge in [-0.3, -0.25) is 4.79 Å². The van der Waals surface area contributed by atoms with Gasteiger partial charge in [0.25, 0.3) is 0 Å². The zero-order valence-corrected chi connectivity index (χ0v) is 9.12. The van der Waals surface area contributed by atoms with Crippen molar-refractivity contribution in [2.45, 2.75) is 25.8 Å². The topological polar surface area (TPSA) is 64.6 Å². The standard InChI is InChI=1S/C10H17NO4/c1-7(12)9(11-10(13)14-2)8-3-5-15-6-4-8/h8-9H,3-6H2,1-2H3,(H,11,13)/t9-/m1/s1. The Kier molecular flexibility index (Phi) is 4.55. The fourth-order valence-electron chi connectivity index (χ4n) is 1.79. The fourth-order valence-corrected chi connectivity index (χ4v) is 1.79. The first kappa shape index (κ1) is 12.0. The van der Waals surface area contributed by atoms with Gasteiger partial charge in [0.1, 0.15) is 0 Å². The number of ketones is 1. The molecule has 0 bridgehead atoms. The van der Waals surface area contributed by atoms with E-state index >= 15 is 0 Å². The van der Waals surface area contributed by atoms with Gasteiger partial charge in [-0.2, -0.15) is 0 Å². The van der Waals surface area contributed by atoms with Crippen LogP contribution in [0.5, 0.6) is 0 Å². The summed E-state index contributed by atoms with van der Waals surface area (Å²) >= 11 is 0. The number of Topliss-reactive ketones (excluding diaryl/α,β-unsaturated/α-hetero) is 1. The number of carbonyl (C=O) groups is 2. The average molecular weight is 215 g/mol. The van der Waals surface area contributed by atoms with E-state index in [4.69, 9.17) is 4.74 Å². The zero-order chi connectivity index (χ0) is 11.3. The molecule has 15 heavy (non-hydrogen) atoms. The Hall–Kier alpha value is -1.10. The molecule has 0 aromatic heterocycles. The molecular formula is C10H17NO4. The van der Waals surface area contributed by atoms with Crippen LogP contribution in [0, 0.1) is 5.92 Å². The molecule has 1 atom stereocenters. The molecule has 5 heteroatoms. The van der Waals surface area contributed by atoms with E-state index in [2.05, 4.69) is 10.1 Å². The van der Waals surface area contributed by atoms with Gasteiger partial charge >= 0.3 is 6.09 Å². The maximum absolute atomic E-state index is 11.4. The van der Waals surface area contributed by atoms with Crippen LogP contribution in [0.4, 0.5) is 4.79 Å². The smallest absolute Gasteiger partial charge is 0.407 e. The molecule has 0 radical (unpaired) electrons. The summed E-state index contributed by atoms with van der Waals surface area (Å²) in [6, 6.07) is -0.443. The van der Waals surface area contributed by atoms with E-state index in [1.165, 1.54) is 14.0 Å². The zero-order valence-electron chi connectivity index (χ0n) is 9.12. The lowest BCUT2D eigenvalue weighted by Gasteiger charge is -2.28. The van der Waals surface area contributed by atoms with Crippen LogP contribution in [0.3, 0.4) is 0 Å². The molecule has 1 N–H and O–H groups in total. The van der Waals surface area contributed by atoms with Crippen molar-refractivity contribution in [1.82, 2.24) is 5.32 Å². The average Bonchev–Trinajstić information content (AvgIpc) is 2.26. The quantitative estimate of drug-likeness (QED) is 0.753. The molecule has 86 valence electrons. The molecule has 1 amide bonds. The Morgan fingerprint density at radius 2 is 2.00 bits per heavy atom. The fraction of sp³-hybridized carbons (Fsp3) is 0.800. The molecule has 1 saturated heterocycles. The molecular weight excluding hydrogens is 198 g/mol. The van der Waals surface area contributed by atoms with Crippen molar-refractivity contribution in [1.29, 1.82) is 0 Å². The van der Waals surface area contributed by atoms with Crippen LogP contribution in [-0.2, 0) is 14.3 Å². The molecule has 0 aliphatic carbocycles. The molecule has 0 unspecified atom stereocenters. The highest BCUT2D eigenvalue weighted by atomic mass is 16.5. The Morgan fingerprint density at radius 3 is 2.47 bits per heavy atom. The van der Waals surface area contributed by atoms with E-state index in [0.29, 0.717) is 13.2 Å². The lowest BCUT2D eigenvalue weighted by Crippen LogP contribution is -2.46. The third-order valence-corrected chi connectivity index (χ3v) is 2.63. The maximum atomic E-state index is 11.4. The molecule has 1 fully saturated rings. The normalized spacial score (nSPS) is 19.3. The number of nitrogens with one attached hydrogen (secondary N) is 1. The van der Waals surface area contributed by atoms with Gasteiger partial charge in [0.05, 0.1) is 13.2 Å². The van der Waals surface area contributed by atoms with Crippen LogP contribution in [0.25, 0.3) is 0 Å². The van der Waals surface area contributed by atoms with E-state index in [9.17, 15) is 9.59 Å². The summed E-state index contributed by atoms with van der Waals surface area (Å²) < 4.78 is 9.69. The number of rotatable bonds is 3. The Morgan fingerprint density at radius 1 is 1.40 bits per heavy atom. The first-order valence-corrected chi connectivity index (χ1v) is 5.08. The van der Waals surface area contributed by atoms with Crippen LogP contribution in [-0.4, -0.2) is 38.2 Å². The lowest BCUT2D eigenvalue weighted by molar-refractivity contribution is -0.121. The molecule has 0 spiro atoms. The number of hydrogen-bond acceptors (Lipinski definition) is 4. The molecule has 1 rings (SSSR count). The predicted octanol–water partition coefficient (Wildman–Crippen LogP) is 0.727. The monoisotopic (exact) mass is 215 g/mol. The van der Waals surface area contributed by atoms with Gasteiger partial charge in [0, 0.05) is 13.2 Å². The van der Waals surface area contributed by atoms with Gasteiger partial charge in [0.15, 0.2) is 5.78 Å². The van der Waals surface area contributed by atoms with Gasteiger partial charge in [-0.1, -0.05) is 0 Å².